The Morgan fingerprint density at radius 1 is 1.10 bits per heavy atom. The SMILES string of the molecule is CC1CCN(S(=O)(=O)c2ccc(Cl)c(C(=O)Nc3ccc(Cl)cc3C(F)(F)F)c2)CC1. The maximum atomic E-state index is 13.3. The third kappa shape index (κ3) is 5.34. The minimum absolute atomic E-state index is 0.0914. The van der Waals surface area contributed by atoms with E-state index in [1.807, 2.05) is 6.92 Å². The molecule has 1 aliphatic heterocycles. The number of alkyl halides is 3. The number of hydrogen-bond donors (Lipinski definition) is 1. The topological polar surface area (TPSA) is 66.5 Å². The molecule has 11 heteroatoms. The van der Waals surface area contributed by atoms with Crippen molar-refractivity contribution in [3.8, 4) is 0 Å². The molecule has 1 N–H and O–H groups in total. The van der Waals surface area contributed by atoms with E-state index in [-0.39, 0.29) is 20.5 Å². The summed E-state index contributed by atoms with van der Waals surface area (Å²) in [5, 5.41) is 1.92. The molecule has 0 spiro atoms. The first kappa shape index (κ1) is 23.8. The molecule has 5 nitrogen and oxygen atoms in total. The van der Waals surface area contributed by atoms with Gasteiger partial charge in [0, 0.05) is 18.1 Å². The van der Waals surface area contributed by atoms with Crippen LogP contribution in [0.5, 0.6) is 0 Å². The molecule has 0 atom stereocenters. The van der Waals surface area contributed by atoms with Gasteiger partial charge < -0.3 is 5.32 Å². The van der Waals surface area contributed by atoms with E-state index in [9.17, 15) is 26.4 Å². The molecule has 0 aliphatic carbocycles. The number of hydrogen-bond acceptors (Lipinski definition) is 3. The molecule has 1 saturated heterocycles. The highest BCUT2D eigenvalue weighted by molar-refractivity contribution is 7.89. The second-order valence-corrected chi connectivity index (χ2v) is 10.2. The summed E-state index contributed by atoms with van der Waals surface area (Å²) in [6.07, 6.45) is -3.32. The number of nitrogens with zero attached hydrogens (tertiary/aromatic N) is 1. The van der Waals surface area contributed by atoms with Gasteiger partial charge in [0.15, 0.2) is 0 Å². The van der Waals surface area contributed by atoms with Gasteiger partial charge in [0.2, 0.25) is 10.0 Å². The lowest BCUT2D eigenvalue weighted by Crippen LogP contribution is -2.37. The van der Waals surface area contributed by atoms with Crippen LogP contribution < -0.4 is 5.32 Å². The summed E-state index contributed by atoms with van der Waals surface area (Å²) in [4.78, 5) is 12.5. The zero-order valence-electron chi connectivity index (χ0n) is 16.3. The van der Waals surface area contributed by atoms with Crippen LogP contribution in [0.1, 0.15) is 35.7 Å². The highest BCUT2D eigenvalue weighted by Crippen LogP contribution is 2.37. The lowest BCUT2D eigenvalue weighted by molar-refractivity contribution is -0.136. The molecule has 2 aromatic rings. The summed E-state index contributed by atoms with van der Waals surface area (Å²) in [6.45, 7) is 2.75. The molecule has 1 heterocycles. The van der Waals surface area contributed by atoms with Crippen LogP contribution >= 0.6 is 23.2 Å². The van der Waals surface area contributed by atoms with E-state index in [0.29, 0.717) is 25.1 Å². The summed E-state index contributed by atoms with van der Waals surface area (Å²) in [5.74, 6) is -0.553. The van der Waals surface area contributed by atoms with Gasteiger partial charge in [-0.2, -0.15) is 17.5 Å². The molecule has 0 unspecified atom stereocenters. The molecule has 168 valence electrons. The van der Waals surface area contributed by atoms with E-state index in [4.69, 9.17) is 23.2 Å². The van der Waals surface area contributed by atoms with E-state index in [1.54, 1.807) is 0 Å². The predicted octanol–water partition coefficient (Wildman–Crippen LogP) is 5.69. The minimum atomic E-state index is -4.76. The number of nitrogens with one attached hydrogen (secondary N) is 1. The fourth-order valence-corrected chi connectivity index (χ4v) is 5.13. The summed E-state index contributed by atoms with van der Waals surface area (Å²) in [5.41, 5.74) is -1.90. The van der Waals surface area contributed by atoms with Gasteiger partial charge in [0.05, 0.1) is 26.7 Å². The molecule has 31 heavy (non-hydrogen) atoms. The Balaban J connectivity index is 1.92. The number of carbonyl (C=O) groups is 1. The third-order valence-corrected chi connectivity index (χ3v) is 7.56. The van der Waals surface area contributed by atoms with E-state index in [1.165, 1.54) is 22.5 Å². The monoisotopic (exact) mass is 494 g/mol. The van der Waals surface area contributed by atoms with Crippen LogP contribution in [-0.4, -0.2) is 31.7 Å². The van der Waals surface area contributed by atoms with Crippen LogP contribution in [0.2, 0.25) is 10.0 Å². The zero-order valence-corrected chi connectivity index (χ0v) is 18.7. The Morgan fingerprint density at radius 3 is 2.35 bits per heavy atom. The first-order valence-electron chi connectivity index (χ1n) is 9.37. The molecule has 2 aromatic carbocycles. The number of halogens is 5. The Hall–Kier alpha value is -1.81. The van der Waals surface area contributed by atoms with Crippen molar-refractivity contribution in [2.24, 2.45) is 5.92 Å². The van der Waals surface area contributed by atoms with Gasteiger partial charge in [0.1, 0.15) is 0 Å². The molecule has 0 aromatic heterocycles. The maximum Gasteiger partial charge on any atom is 0.418 e. The largest absolute Gasteiger partial charge is 0.418 e. The van der Waals surface area contributed by atoms with Gasteiger partial charge in [-0.1, -0.05) is 30.1 Å². The van der Waals surface area contributed by atoms with Gasteiger partial charge in [-0.05, 0) is 55.2 Å². The number of rotatable bonds is 4. The molecule has 1 aliphatic rings. The lowest BCUT2D eigenvalue weighted by atomic mass is 10.0. The van der Waals surface area contributed by atoms with Gasteiger partial charge in [0.25, 0.3) is 5.91 Å². The first-order chi connectivity index (χ1) is 14.4. The second-order valence-electron chi connectivity index (χ2n) is 7.37. The number of piperidine rings is 1. The van der Waals surface area contributed by atoms with Crippen molar-refractivity contribution in [2.75, 3.05) is 18.4 Å². The van der Waals surface area contributed by atoms with Crippen LogP contribution in [-0.2, 0) is 16.2 Å². The Labute approximate surface area is 188 Å². The third-order valence-electron chi connectivity index (χ3n) is 5.10. The Bertz CT molecular complexity index is 1100. The van der Waals surface area contributed by atoms with E-state index in [2.05, 4.69) is 5.32 Å². The van der Waals surface area contributed by atoms with Gasteiger partial charge in [-0.25, -0.2) is 8.42 Å². The predicted molar refractivity (Wildman–Crippen MR) is 113 cm³/mol. The summed E-state index contributed by atoms with van der Waals surface area (Å²) >= 11 is 11.7. The number of carbonyl (C=O) groups excluding carboxylic acids is 1. The summed E-state index contributed by atoms with van der Waals surface area (Å²) in [7, 11) is -3.87. The zero-order chi connectivity index (χ0) is 23.0. The number of anilines is 1. The Morgan fingerprint density at radius 2 is 1.74 bits per heavy atom. The van der Waals surface area contributed by atoms with Gasteiger partial charge in [-0.15, -0.1) is 0 Å². The van der Waals surface area contributed by atoms with Gasteiger partial charge in [-0.3, -0.25) is 4.79 Å². The van der Waals surface area contributed by atoms with Crippen molar-refractivity contribution in [1.29, 1.82) is 0 Å². The molecule has 0 bridgehead atoms. The average Bonchev–Trinajstić information content (AvgIpc) is 2.69. The molecule has 0 radical (unpaired) electrons. The fourth-order valence-electron chi connectivity index (χ4n) is 3.26. The normalized spacial score (nSPS) is 16.3. The van der Waals surface area contributed by atoms with Crippen LogP contribution in [0, 0.1) is 5.92 Å². The van der Waals surface area contributed by atoms with Crippen molar-refractivity contribution >= 4 is 44.8 Å². The lowest BCUT2D eigenvalue weighted by Gasteiger charge is -2.29. The summed E-state index contributed by atoms with van der Waals surface area (Å²) in [6, 6.07) is 6.50. The second kappa shape index (κ2) is 8.97. The van der Waals surface area contributed by atoms with Crippen LogP contribution in [0.15, 0.2) is 41.3 Å². The van der Waals surface area contributed by atoms with E-state index in [0.717, 1.165) is 25.0 Å². The van der Waals surface area contributed by atoms with Crippen LogP contribution in [0.4, 0.5) is 18.9 Å². The average molecular weight is 495 g/mol. The molecule has 3 rings (SSSR count). The maximum absolute atomic E-state index is 13.3. The number of sulfonamides is 1. The first-order valence-corrected chi connectivity index (χ1v) is 11.6. The standard InChI is InChI=1S/C20H19Cl2F3N2O3S/c1-12-6-8-27(9-7-12)31(29,30)14-3-4-17(22)15(11-14)19(28)26-18-5-2-13(21)10-16(18)20(23,24)25/h2-5,10-12H,6-9H2,1H3,(H,26,28). The van der Waals surface area contributed by atoms with E-state index >= 15 is 0 Å². The van der Waals surface area contributed by atoms with Gasteiger partial charge >= 0.3 is 6.18 Å². The van der Waals surface area contributed by atoms with Crippen molar-refractivity contribution in [3.05, 3.63) is 57.6 Å². The molecule has 1 fully saturated rings. The number of benzene rings is 2. The Kier molecular flexibility index (Phi) is 6.90. The quantitative estimate of drug-likeness (QED) is 0.593. The van der Waals surface area contributed by atoms with Crippen molar-refractivity contribution in [3.63, 3.8) is 0 Å². The molecule has 0 saturated carbocycles. The minimum Gasteiger partial charge on any atom is -0.321 e. The smallest absolute Gasteiger partial charge is 0.321 e. The highest BCUT2D eigenvalue weighted by atomic mass is 35.5. The molecule has 1 amide bonds. The fraction of sp³-hybridized carbons (Fsp3) is 0.350. The van der Waals surface area contributed by atoms with Crippen LogP contribution in [0.25, 0.3) is 0 Å². The van der Waals surface area contributed by atoms with E-state index < -0.39 is 33.4 Å². The summed E-state index contributed by atoms with van der Waals surface area (Å²) < 4.78 is 67.1. The number of amides is 1. The molecular formula is C20H19Cl2F3N2O3S. The van der Waals surface area contributed by atoms with Crippen molar-refractivity contribution < 1.29 is 26.4 Å². The highest BCUT2D eigenvalue weighted by Gasteiger charge is 2.35. The van der Waals surface area contributed by atoms with Crippen LogP contribution in [0.3, 0.4) is 0 Å². The van der Waals surface area contributed by atoms with Crippen molar-refractivity contribution in [1.82, 2.24) is 4.31 Å². The van der Waals surface area contributed by atoms with Crippen molar-refractivity contribution in [2.45, 2.75) is 30.8 Å². The molecular weight excluding hydrogens is 476 g/mol.